The molecule has 2 N–H and O–H groups in total. The van der Waals surface area contributed by atoms with Crippen LogP contribution in [-0.4, -0.2) is 42.9 Å². The van der Waals surface area contributed by atoms with Gasteiger partial charge in [-0.05, 0) is 55.3 Å². The highest BCUT2D eigenvalue weighted by Crippen LogP contribution is 2.24. The average Bonchev–Trinajstić information content (AvgIpc) is 2.75. The van der Waals surface area contributed by atoms with E-state index in [1.54, 1.807) is 30.5 Å². The van der Waals surface area contributed by atoms with Crippen molar-refractivity contribution in [3.05, 3.63) is 65.4 Å². The molecule has 31 heavy (non-hydrogen) atoms. The van der Waals surface area contributed by atoms with Gasteiger partial charge in [-0.3, -0.25) is 9.59 Å². The van der Waals surface area contributed by atoms with Gasteiger partial charge in [0.25, 0.3) is 5.91 Å². The molecule has 0 saturated carbocycles. The molecule has 0 unspecified atom stereocenters. The molecule has 7 nitrogen and oxygen atoms in total. The highest BCUT2D eigenvalue weighted by molar-refractivity contribution is 6.21. The predicted molar refractivity (Wildman–Crippen MR) is 122 cm³/mol. The number of hydrogen-bond donors (Lipinski definition) is 1. The Morgan fingerprint density at radius 2 is 1.71 bits per heavy atom. The van der Waals surface area contributed by atoms with E-state index in [0.717, 1.165) is 18.0 Å². The number of benzene rings is 2. The maximum absolute atomic E-state index is 13.0. The molecule has 0 aromatic heterocycles. The SMILES string of the molecule is CC(=O)N(C(=O)/C(C#N)=C\N1CCN(c2cccc(C)c2C)CC1)c1ccc(N)cc1. The molecular weight excluding hydrogens is 390 g/mol. The first kappa shape index (κ1) is 21.9. The van der Waals surface area contributed by atoms with Gasteiger partial charge < -0.3 is 15.5 Å². The highest BCUT2D eigenvalue weighted by Gasteiger charge is 2.25. The maximum atomic E-state index is 13.0. The lowest BCUT2D eigenvalue weighted by molar-refractivity contribution is -0.123. The van der Waals surface area contributed by atoms with Gasteiger partial charge in [-0.1, -0.05) is 12.1 Å². The number of amides is 2. The maximum Gasteiger partial charge on any atom is 0.277 e. The Morgan fingerprint density at radius 1 is 1.06 bits per heavy atom. The molecule has 160 valence electrons. The monoisotopic (exact) mass is 417 g/mol. The van der Waals surface area contributed by atoms with Crippen molar-refractivity contribution in [3.63, 3.8) is 0 Å². The molecule has 0 spiro atoms. The molecule has 2 amide bonds. The van der Waals surface area contributed by atoms with Crippen LogP contribution in [0, 0.1) is 25.2 Å². The minimum atomic E-state index is -0.642. The summed E-state index contributed by atoms with van der Waals surface area (Å²) in [5, 5.41) is 9.61. The van der Waals surface area contributed by atoms with E-state index in [9.17, 15) is 14.9 Å². The standard InChI is InChI=1S/C24H27N5O2/c1-17-5-4-6-23(18(17)2)28-13-11-27(12-14-28)16-20(15-25)24(31)29(19(3)30)22-9-7-21(26)8-10-22/h4-10,16H,11-14,26H2,1-3H3/b20-16-. The van der Waals surface area contributed by atoms with Crippen LogP contribution in [0.1, 0.15) is 18.1 Å². The molecule has 1 heterocycles. The topological polar surface area (TPSA) is 93.7 Å². The van der Waals surface area contributed by atoms with Crippen molar-refractivity contribution in [3.8, 4) is 6.07 Å². The van der Waals surface area contributed by atoms with Gasteiger partial charge in [-0.25, -0.2) is 4.90 Å². The lowest BCUT2D eigenvalue weighted by atomic mass is 10.1. The second-order valence-electron chi connectivity index (χ2n) is 7.65. The number of anilines is 3. The minimum absolute atomic E-state index is 0.0767. The highest BCUT2D eigenvalue weighted by atomic mass is 16.2. The second-order valence-corrected chi connectivity index (χ2v) is 7.65. The van der Waals surface area contributed by atoms with Crippen molar-refractivity contribution in [2.24, 2.45) is 0 Å². The average molecular weight is 418 g/mol. The van der Waals surface area contributed by atoms with Crippen LogP contribution in [0.15, 0.2) is 54.2 Å². The minimum Gasteiger partial charge on any atom is -0.399 e. The van der Waals surface area contributed by atoms with E-state index >= 15 is 0 Å². The van der Waals surface area contributed by atoms with E-state index in [4.69, 9.17) is 5.73 Å². The summed E-state index contributed by atoms with van der Waals surface area (Å²) in [6.45, 7) is 8.43. The lowest BCUT2D eigenvalue weighted by Crippen LogP contribution is -2.45. The zero-order valence-electron chi connectivity index (χ0n) is 18.1. The second kappa shape index (κ2) is 9.35. The number of piperazine rings is 1. The first-order chi connectivity index (χ1) is 14.8. The first-order valence-corrected chi connectivity index (χ1v) is 10.2. The van der Waals surface area contributed by atoms with E-state index in [0.29, 0.717) is 24.5 Å². The number of aryl methyl sites for hydroxylation is 1. The molecule has 1 saturated heterocycles. The van der Waals surface area contributed by atoms with Crippen molar-refractivity contribution in [2.75, 3.05) is 41.7 Å². The molecule has 1 aliphatic rings. The Bertz CT molecular complexity index is 1040. The quantitative estimate of drug-likeness (QED) is 0.467. The zero-order chi connectivity index (χ0) is 22.5. The number of nitrogens with zero attached hydrogens (tertiary/aromatic N) is 4. The third kappa shape index (κ3) is 4.86. The Hall–Kier alpha value is -3.79. The first-order valence-electron chi connectivity index (χ1n) is 10.2. The Morgan fingerprint density at radius 3 is 2.29 bits per heavy atom. The van der Waals surface area contributed by atoms with E-state index in [1.807, 2.05) is 11.0 Å². The van der Waals surface area contributed by atoms with Crippen LogP contribution >= 0.6 is 0 Å². The van der Waals surface area contributed by atoms with Crippen LogP contribution < -0.4 is 15.5 Å². The van der Waals surface area contributed by atoms with Crippen LogP contribution in [0.3, 0.4) is 0 Å². The Labute approximate surface area is 183 Å². The van der Waals surface area contributed by atoms with Crippen molar-refractivity contribution >= 4 is 28.9 Å². The number of imide groups is 1. The van der Waals surface area contributed by atoms with Crippen LogP contribution in [-0.2, 0) is 9.59 Å². The van der Waals surface area contributed by atoms with Gasteiger partial charge >= 0.3 is 0 Å². The fourth-order valence-corrected chi connectivity index (χ4v) is 3.67. The van der Waals surface area contributed by atoms with Gasteiger partial charge in [-0.15, -0.1) is 0 Å². The predicted octanol–water partition coefficient (Wildman–Crippen LogP) is 2.99. The van der Waals surface area contributed by atoms with Crippen molar-refractivity contribution in [2.45, 2.75) is 20.8 Å². The summed E-state index contributed by atoms with van der Waals surface area (Å²) in [6.07, 6.45) is 1.57. The van der Waals surface area contributed by atoms with Gasteiger partial charge in [0.15, 0.2) is 0 Å². The summed E-state index contributed by atoms with van der Waals surface area (Å²) in [6, 6.07) is 14.6. The van der Waals surface area contributed by atoms with Gasteiger partial charge in [0, 0.05) is 50.7 Å². The summed E-state index contributed by atoms with van der Waals surface area (Å²) < 4.78 is 0. The summed E-state index contributed by atoms with van der Waals surface area (Å²) in [4.78, 5) is 30.4. The number of hydrogen-bond acceptors (Lipinski definition) is 6. The molecule has 7 heteroatoms. The zero-order valence-corrected chi connectivity index (χ0v) is 18.1. The molecule has 0 atom stereocenters. The fourth-order valence-electron chi connectivity index (χ4n) is 3.67. The third-order valence-corrected chi connectivity index (χ3v) is 5.56. The molecule has 1 fully saturated rings. The molecule has 0 bridgehead atoms. The van der Waals surface area contributed by atoms with Gasteiger partial charge in [-0.2, -0.15) is 5.26 Å². The molecular formula is C24H27N5O2. The molecule has 2 aromatic carbocycles. The summed E-state index contributed by atoms with van der Waals surface area (Å²) in [7, 11) is 0. The molecule has 1 aliphatic heterocycles. The molecule has 0 aliphatic carbocycles. The number of rotatable bonds is 4. The van der Waals surface area contributed by atoms with Gasteiger partial charge in [0.2, 0.25) is 5.91 Å². The number of nitrogens with two attached hydrogens (primary N) is 1. The van der Waals surface area contributed by atoms with Crippen LogP contribution in [0.5, 0.6) is 0 Å². The van der Waals surface area contributed by atoms with Gasteiger partial charge in [0.05, 0.1) is 5.69 Å². The number of carbonyl (C=O) groups excluding carboxylic acids is 2. The molecule has 2 aromatic rings. The Balaban J connectivity index is 1.75. The summed E-state index contributed by atoms with van der Waals surface area (Å²) >= 11 is 0. The van der Waals surface area contributed by atoms with Crippen molar-refractivity contribution in [1.82, 2.24) is 4.90 Å². The number of nitriles is 1. The van der Waals surface area contributed by atoms with Crippen molar-refractivity contribution < 1.29 is 9.59 Å². The number of nitrogen functional groups attached to an aromatic ring is 1. The van der Waals surface area contributed by atoms with Crippen LogP contribution in [0.25, 0.3) is 0 Å². The molecule has 3 rings (SSSR count). The van der Waals surface area contributed by atoms with Crippen LogP contribution in [0.4, 0.5) is 17.1 Å². The van der Waals surface area contributed by atoms with E-state index in [2.05, 4.69) is 36.9 Å². The van der Waals surface area contributed by atoms with Crippen LogP contribution in [0.2, 0.25) is 0 Å². The normalized spacial score (nSPS) is 14.2. The van der Waals surface area contributed by atoms with Crippen molar-refractivity contribution in [1.29, 1.82) is 5.26 Å². The summed E-state index contributed by atoms with van der Waals surface area (Å²) in [5.74, 6) is -1.10. The fraction of sp³-hybridized carbons (Fsp3) is 0.292. The molecule has 0 radical (unpaired) electrons. The van der Waals surface area contributed by atoms with E-state index in [-0.39, 0.29) is 5.57 Å². The smallest absolute Gasteiger partial charge is 0.277 e. The lowest BCUT2D eigenvalue weighted by Gasteiger charge is -2.36. The largest absolute Gasteiger partial charge is 0.399 e. The summed E-state index contributed by atoms with van der Waals surface area (Å²) in [5.41, 5.74) is 10.3. The Kier molecular flexibility index (Phi) is 6.61. The van der Waals surface area contributed by atoms with E-state index < -0.39 is 11.8 Å². The van der Waals surface area contributed by atoms with E-state index in [1.165, 1.54) is 23.7 Å². The number of carbonyl (C=O) groups is 2. The van der Waals surface area contributed by atoms with Gasteiger partial charge in [0.1, 0.15) is 11.6 Å². The third-order valence-electron chi connectivity index (χ3n) is 5.56.